The molecule has 3 rings (SSSR count). The van der Waals surface area contributed by atoms with Crippen LogP contribution in [0.2, 0.25) is 0 Å². The van der Waals surface area contributed by atoms with Crippen molar-refractivity contribution in [2.45, 2.75) is 6.92 Å². The number of amides is 1. The summed E-state index contributed by atoms with van der Waals surface area (Å²) in [6.07, 6.45) is 3.25. The lowest BCUT2D eigenvalue weighted by atomic mass is 10.1. The van der Waals surface area contributed by atoms with Crippen LogP contribution in [0.1, 0.15) is 22.2 Å². The summed E-state index contributed by atoms with van der Waals surface area (Å²) >= 11 is 1.37. The number of carbonyl (C=O) groups is 2. The molecule has 26 heavy (non-hydrogen) atoms. The number of allylic oxidation sites excluding steroid dienone is 1. The molecular formula is C21H16FNO2S. The number of nitrogens with one attached hydrogen (secondary N) is 1. The van der Waals surface area contributed by atoms with Gasteiger partial charge in [-0.15, -0.1) is 11.3 Å². The summed E-state index contributed by atoms with van der Waals surface area (Å²) in [5.41, 5.74) is 2.46. The maximum atomic E-state index is 13.0. The topological polar surface area (TPSA) is 46.2 Å². The minimum atomic E-state index is -0.283. The molecule has 1 amide bonds. The van der Waals surface area contributed by atoms with Gasteiger partial charge in [-0.25, -0.2) is 4.39 Å². The van der Waals surface area contributed by atoms with Crippen LogP contribution in [0.15, 0.2) is 66.7 Å². The van der Waals surface area contributed by atoms with Crippen LogP contribution < -0.4 is 5.32 Å². The second-order valence-corrected chi connectivity index (χ2v) is 6.76. The lowest BCUT2D eigenvalue weighted by Gasteiger charge is -2.01. The second-order valence-electron chi connectivity index (χ2n) is 5.67. The van der Waals surface area contributed by atoms with E-state index in [4.69, 9.17) is 0 Å². The van der Waals surface area contributed by atoms with E-state index in [-0.39, 0.29) is 17.5 Å². The molecule has 0 unspecified atom stereocenters. The molecule has 5 heteroatoms. The van der Waals surface area contributed by atoms with Crippen LogP contribution in [0, 0.1) is 5.82 Å². The van der Waals surface area contributed by atoms with Gasteiger partial charge in [0.25, 0.3) is 0 Å². The van der Waals surface area contributed by atoms with Gasteiger partial charge >= 0.3 is 0 Å². The maximum absolute atomic E-state index is 13.0. The quantitative estimate of drug-likeness (QED) is 0.485. The lowest BCUT2D eigenvalue weighted by molar-refractivity contribution is -0.114. The van der Waals surface area contributed by atoms with Gasteiger partial charge in [0.05, 0.1) is 4.88 Å². The lowest BCUT2D eigenvalue weighted by Crippen LogP contribution is -2.05. The van der Waals surface area contributed by atoms with Crippen molar-refractivity contribution >= 4 is 34.8 Å². The van der Waals surface area contributed by atoms with Gasteiger partial charge in [-0.05, 0) is 53.6 Å². The van der Waals surface area contributed by atoms with Gasteiger partial charge < -0.3 is 5.32 Å². The number of halogens is 1. The van der Waals surface area contributed by atoms with Crippen molar-refractivity contribution in [2.75, 3.05) is 5.32 Å². The molecule has 0 fully saturated rings. The van der Waals surface area contributed by atoms with E-state index in [1.807, 2.05) is 18.2 Å². The predicted molar refractivity (Wildman–Crippen MR) is 104 cm³/mol. The fourth-order valence-electron chi connectivity index (χ4n) is 2.37. The highest BCUT2D eigenvalue weighted by molar-refractivity contribution is 7.17. The van der Waals surface area contributed by atoms with Gasteiger partial charge in [0.2, 0.25) is 5.91 Å². The van der Waals surface area contributed by atoms with Crippen molar-refractivity contribution in [2.24, 2.45) is 0 Å². The van der Waals surface area contributed by atoms with Crippen LogP contribution in [-0.2, 0) is 4.79 Å². The first-order chi connectivity index (χ1) is 12.5. The van der Waals surface area contributed by atoms with Crippen molar-refractivity contribution in [3.63, 3.8) is 0 Å². The zero-order chi connectivity index (χ0) is 18.5. The Kier molecular flexibility index (Phi) is 5.39. The summed E-state index contributed by atoms with van der Waals surface area (Å²) in [7, 11) is 0. The predicted octanol–water partition coefficient (Wildman–Crippen LogP) is 5.41. The monoisotopic (exact) mass is 365 g/mol. The number of rotatable bonds is 5. The smallest absolute Gasteiger partial charge is 0.221 e. The molecule has 0 saturated heterocycles. The molecule has 1 heterocycles. The molecule has 1 N–H and O–H groups in total. The third kappa shape index (κ3) is 4.52. The molecule has 0 bridgehead atoms. The van der Waals surface area contributed by atoms with E-state index in [1.165, 1.54) is 36.5 Å². The van der Waals surface area contributed by atoms with Crippen molar-refractivity contribution in [3.05, 3.63) is 83.0 Å². The molecule has 0 spiro atoms. The molecule has 0 atom stereocenters. The van der Waals surface area contributed by atoms with E-state index in [1.54, 1.807) is 36.4 Å². The summed E-state index contributed by atoms with van der Waals surface area (Å²) < 4.78 is 13.0. The standard InChI is InChI=1S/C21H16FNO2S/c1-14(24)23-18-9-2-15(3-10-18)4-11-19(25)21-13-12-20(26-21)16-5-7-17(22)8-6-16/h2-13H,1H3,(H,23,24). The molecule has 0 aliphatic carbocycles. The summed E-state index contributed by atoms with van der Waals surface area (Å²) in [6, 6.07) is 17.1. The van der Waals surface area contributed by atoms with Crippen molar-refractivity contribution in [1.29, 1.82) is 0 Å². The zero-order valence-electron chi connectivity index (χ0n) is 14.0. The normalized spacial score (nSPS) is 10.8. The number of hydrogen-bond acceptors (Lipinski definition) is 3. The first kappa shape index (κ1) is 17.8. The Morgan fingerprint density at radius 1 is 0.962 bits per heavy atom. The Balaban J connectivity index is 1.69. The minimum absolute atomic E-state index is 0.0886. The SMILES string of the molecule is CC(=O)Nc1ccc(C=CC(=O)c2ccc(-c3ccc(F)cc3)s2)cc1. The van der Waals surface area contributed by atoms with Crippen LogP contribution in [0.5, 0.6) is 0 Å². The Bertz CT molecular complexity index is 956. The molecule has 3 nitrogen and oxygen atoms in total. The maximum Gasteiger partial charge on any atom is 0.221 e. The zero-order valence-corrected chi connectivity index (χ0v) is 14.8. The van der Waals surface area contributed by atoms with Crippen molar-refractivity contribution in [1.82, 2.24) is 0 Å². The molecule has 1 aromatic heterocycles. The number of hydrogen-bond donors (Lipinski definition) is 1. The van der Waals surface area contributed by atoms with Gasteiger partial charge in [-0.1, -0.05) is 30.3 Å². The van der Waals surface area contributed by atoms with E-state index in [0.29, 0.717) is 10.6 Å². The van der Waals surface area contributed by atoms with Gasteiger partial charge in [0.15, 0.2) is 5.78 Å². The van der Waals surface area contributed by atoms with Gasteiger partial charge in [-0.3, -0.25) is 9.59 Å². The van der Waals surface area contributed by atoms with Crippen LogP contribution in [0.25, 0.3) is 16.5 Å². The van der Waals surface area contributed by atoms with Gasteiger partial charge in [0, 0.05) is 17.5 Å². The number of carbonyl (C=O) groups excluding carboxylic acids is 2. The van der Waals surface area contributed by atoms with E-state index in [9.17, 15) is 14.0 Å². The summed E-state index contributed by atoms with van der Waals surface area (Å²) in [5, 5.41) is 2.69. The Labute approximate surface area is 154 Å². The van der Waals surface area contributed by atoms with Gasteiger partial charge in [0.1, 0.15) is 5.82 Å². The summed E-state index contributed by atoms with van der Waals surface area (Å²) in [6.45, 7) is 1.45. The molecule has 2 aromatic carbocycles. The average molecular weight is 365 g/mol. The number of thiophene rings is 1. The molecule has 130 valence electrons. The number of ketones is 1. The highest BCUT2D eigenvalue weighted by Crippen LogP contribution is 2.28. The second kappa shape index (κ2) is 7.89. The first-order valence-corrected chi connectivity index (χ1v) is 8.79. The minimum Gasteiger partial charge on any atom is -0.326 e. The van der Waals surface area contributed by atoms with Crippen LogP contribution in [0.4, 0.5) is 10.1 Å². The van der Waals surface area contributed by atoms with E-state index in [0.717, 1.165) is 16.0 Å². The molecule has 0 saturated carbocycles. The molecule has 3 aromatic rings. The Morgan fingerprint density at radius 3 is 2.31 bits per heavy atom. The van der Waals surface area contributed by atoms with E-state index >= 15 is 0 Å². The van der Waals surface area contributed by atoms with Crippen LogP contribution in [-0.4, -0.2) is 11.7 Å². The highest BCUT2D eigenvalue weighted by Gasteiger charge is 2.08. The Morgan fingerprint density at radius 2 is 1.65 bits per heavy atom. The van der Waals surface area contributed by atoms with Gasteiger partial charge in [-0.2, -0.15) is 0 Å². The molecule has 0 aliphatic heterocycles. The third-order valence-corrected chi connectivity index (χ3v) is 4.78. The largest absolute Gasteiger partial charge is 0.326 e. The first-order valence-electron chi connectivity index (χ1n) is 7.97. The highest BCUT2D eigenvalue weighted by atomic mass is 32.1. The fourth-order valence-corrected chi connectivity index (χ4v) is 3.31. The fraction of sp³-hybridized carbons (Fsp3) is 0.0476. The third-order valence-electron chi connectivity index (χ3n) is 3.64. The average Bonchev–Trinajstić information content (AvgIpc) is 3.11. The van der Waals surface area contributed by atoms with E-state index < -0.39 is 0 Å². The molecular weight excluding hydrogens is 349 g/mol. The molecule has 0 radical (unpaired) electrons. The summed E-state index contributed by atoms with van der Waals surface area (Å²) in [5.74, 6) is -0.499. The van der Waals surface area contributed by atoms with Crippen LogP contribution >= 0.6 is 11.3 Å². The number of benzene rings is 2. The van der Waals surface area contributed by atoms with E-state index in [2.05, 4.69) is 5.32 Å². The molecule has 0 aliphatic rings. The summed E-state index contributed by atoms with van der Waals surface area (Å²) in [4.78, 5) is 24.9. The Hall–Kier alpha value is -3.05. The number of anilines is 1. The van der Waals surface area contributed by atoms with Crippen molar-refractivity contribution in [3.8, 4) is 10.4 Å². The van der Waals surface area contributed by atoms with Crippen LogP contribution in [0.3, 0.4) is 0 Å². The van der Waals surface area contributed by atoms with Crippen molar-refractivity contribution < 1.29 is 14.0 Å².